The Hall–Kier alpha value is -0.410. The van der Waals surface area contributed by atoms with Crippen LogP contribution < -0.4 is 10.6 Å². The molecule has 0 rings (SSSR count). The molecular formula is C5H12N2O. The second-order valence-electron chi connectivity index (χ2n) is 1.59. The minimum atomic E-state index is 0.222. The summed E-state index contributed by atoms with van der Waals surface area (Å²) in [4.78, 5) is 9.73. The fraction of sp³-hybridized carbons (Fsp3) is 0.800. The van der Waals surface area contributed by atoms with Crippen molar-refractivity contribution >= 4 is 6.29 Å². The van der Waals surface area contributed by atoms with Crippen LogP contribution in [-0.2, 0) is 4.79 Å². The molecule has 0 bridgehead atoms. The van der Waals surface area contributed by atoms with E-state index in [9.17, 15) is 4.79 Å². The summed E-state index contributed by atoms with van der Waals surface area (Å²) < 4.78 is 0. The number of hydrogen-bond donors (Lipinski definition) is 2. The van der Waals surface area contributed by atoms with E-state index in [1.54, 1.807) is 0 Å². The molecular weight excluding hydrogens is 104 g/mol. The zero-order chi connectivity index (χ0) is 6.41. The van der Waals surface area contributed by atoms with E-state index < -0.39 is 0 Å². The van der Waals surface area contributed by atoms with Gasteiger partial charge in [0.05, 0.1) is 12.7 Å². The second-order valence-corrected chi connectivity index (χ2v) is 1.59. The lowest BCUT2D eigenvalue weighted by Crippen LogP contribution is -2.38. The van der Waals surface area contributed by atoms with Crippen molar-refractivity contribution in [2.24, 2.45) is 0 Å². The molecule has 0 saturated heterocycles. The lowest BCUT2D eigenvalue weighted by atomic mass is 10.5. The van der Waals surface area contributed by atoms with E-state index in [0.717, 1.165) is 6.29 Å². The van der Waals surface area contributed by atoms with E-state index in [2.05, 4.69) is 10.6 Å². The van der Waals surface area contributed by atoms with E-state index in [4.69, 9.17) is 0 Å². The van der Waals surface area contributed by atoms with Gasteiger partial charge in [0.15, 0.2) is 0 Å². The first-order valence-electron chi connectivity index (χ1n) is 2.65. The minimum absolute atomic E-state index is 0.222. The molecule has 0 fully saturated rings. The molecule has 0 aromatic heterocycles. The van der Waals surface area contributed by atoms with Crippen LogP contribution in [0.3, 0.4) is 0 Å². The molecule has 0 spiro atoms. The topological polar surface area (TPSA) is 41.1 Å². The SMILES string of the molecule is CNC(C)NCC=O. The number of aldehydes is 1. The van der Waals surface area contributed by atoms with Gasteiger partial charge in [-0.25, -0.2) is 0 Å². The summed E-state index contributed by atoms with van der Waals surface area (Å²) >= 11 is 0. The first-order chi connectivity index (χ1) is 3.81. The van der Waals surface area contributed by atoms with Gasteiger partial charge in [0.25, 0.3) is 0 Å². The predicted octanol–water partition coefficient (Wildman–Crippen LogP) is -0.660. The predicted molar refractivity (Wildman–Crippen MR) is 32.6 cm³/mol. The first kappa shape index (κ1) is 7.59. The van der Waals surface area contributed by atoms with Gasteiger partial charge < -0.3 is 10.1 Å². The monoisotopic (exact) mass is 116 g/mol. The van der Waals surface area contributed by atoms with Crippen LogP contribution in [0.5, 0.6) is 0 Å². The fourth-order valence-corrected chi connectivity index (χ4v) is 0.327. The van der Waals surface area contributed by atoms with E-state index in [0.29, 0.717) is 6.54 Å². The van der Waals surface area contributed by atoms with Crippen LogP contribution in [-0.4, -0.2) is 26.0 Å². The van der Waals surface area contributed by atoms with Gasteiger partial charge >= 0.3 is 0 Å². The fourth-order valence-electron chi connectivity index (χ4n) is 0.327. The highest BCUT2D eigenvalue weighted by Gasteiger charge is 1.90. The van der Waals surface area contributed by atoms with Crippen LogP contribution in [0.1, 0.15) is 6.92 Å². The third kappa shape index (κ3) is 3.77. The summed E-state index contributed by atoms with van der Waals surface area (Å²) in [7, 11) is 1.84. The Morgan fingerprint density at radius 2 is 2.38 bits per heavy atom. The van der Waals surface area contributed by atoms with Crippen LogP contribution >= 0.6 is 0 Å². The van der Waals surface area contributed by atoms with Crippen molar-refractivity contribution in [3.63, 3.8) is 0 Å². The molecule has 0 saturated carbocycles. The Kier molecular flexibility index (Phi) is 4.50. The van der Waals surface area contributed by atoms with Crippen molar-refractivity contribution in [1.29, 1.82) is 0 Å². The number of carbonyl (C=O) groups excluding carboxylic acids is 1. The van der Waals surface area contributed by atoms with Gasteiger partial charge in [-0.2, -0.15) is 0 Å². The number of hydrogen-bond acceptors (Lipinski definition) is 3. The third-order valence-corrected chi connectivity index (χ3v) is 0.940. The summed E-state index contributed by atoms with van der Waals surface area (Å²) in [5.41, 5.74) is 0. The van der Waals surface area contributed by atoms with E-state index in [1.807, 2.05) is 14.0 Å². The number of nitrogens with one attached hydrogen (secondary N) is 2. The normalized spacial score (nSPS) is 13.2. The number of carbonyl (C=O) groups is 1. The molecule has 3 nitrogen and oxygen atoms in total. The van der Waals surface area contributed by atoms with Crippen molar-refractivity contribution in [2.75, 3.05) is 13.6 Å². The Balaban J connectivity index is 2.97. The molecule has 8 heavy (non-hydrogen) atoms. The van der Waals surface area contributed by atoms with Gasteiger partial charge in [0.1, 0.15) is 6.29 Å². The van der Waals surface area contributed by atoms with Crippen LogP contribution in [0.2, 0.25) is 0 Å². The van der Waals surface area contributed by atoms with Gasteiger partial charge in [0, 0.05) is 0 Å². The maximum atomic E-state index is 9.73. The highest BCUT2D eigenvalue weighted by Crippen LogP contribution is 1.65. The van der Waals surface area contributed by atoms with Crippen molar-refractivity contribution < 1.29 is 4.79 Å². The van der Waals surface area contributed by atoms with E-state index in [1.165, 1.54) is 0 Å². The average molecular weight is 116 g/mol. The summed E-state index contributed by atoms with van der Waals surface area (Å²) in [6, 6.07) is 0. The van der Waals surface area contributed by atoms with Crippen molar-refractivity contribution in [3.05, 3.63) is 0 Å². The molecule has 1 unspecified atom stereocenters. The Bertz CT molecular complexity index is 65.4. The van der Waals surface area contributed by atoms with Crippen LogP contribution in [0.25, 0.3) is 0 Å². The van der Waals surface area contributed by atoms with Gasteiger partial charge in [-0.15, -0.1) is 0 Å². The second kappa shape index (κ2) is 4.74. The molecule has 0 aliphatic heterocycles. The maximum absolute atomic E-state index is 9.73. The lowest BCUT2D eigenvalue weighted by molar-refractivity contribution is -0.107. The van der Waals surface area contributed by atoms with E-state index in [-0.39, 0.29) is 6.17 Å². The van der Waals surface area contributed by atoms with Crippen LogP contribution in [0.4, 0.5) is 0 Å². The van der Waals surface area contributed by atoms with Gasteiger partial charge in [-0.3, -0.25) is 5.32 Å². The van der Waals surface area contributed by atoms with E-state index >= 15 is 0 Å². The smallest absolute Gasteiger partial charge is 0.133 e. The molecule has 2 N–H and O–H groups in total. The van der Waals surface area contributed by atoms with Crippen molar-refractivity contribution in [3.8, 4) is 0 Å². The summed E-state index contributed by atoms with van der Waals surface area (Å²) in [6.07, 6.45) is 1.06. The number of rotatable bonds is 4. The first-order valence-corrected chi connectivity index (χ1v) is 2.65. The Morgan fingerprint density at radius 3 is 2.75 bits per heavy atom. The molecule has 0 aromatic rings. The summed E-state index contributed by atoms with van der Waals surface area (Å²) in [6.45, 7) is 2.37. The Morgan fingerprint density at radius 1 is 1.75 bits per heavy atom. The maximum Gasteiger partial charge on any atom is 0.133 e. The molecule has 0 aliphatic carbocycles. The van der Waals surface area contributed by atoms with Crippen molar-refractivity contribution in [1.82, 2.24) is 10.6 Å². The van der Waals surface area contributed by atoms with Gasteiger partial charge in [-0.1, -0.05) is 0 Å². The molecule has 0 heterocycles. The average Bonchev–Trinajstić information content (AvgIpc) is 1.83. The summed E-state index contributed by atoms with van der Waals surface area (Å²) in [5.74, 6) is 0. The molecule has 3 heteroatoms. The summed E-state index contributed by atoms with van der Waals surface area (Å²) in [5, 5.41) is 5.83. The van der Waals surface area contributed by atoms with Gasteiger partial charge in [-0.05, 0) is 14.0 Å². The minimum Gasteiger partial charge on any atom is -0.305 e. The standard InChI is InChI=1S/C5H12N2O/c1-5(6-2)7-3-4-8/h4-7H,3H2,1-2H3. The molecule has 48 valence electrons. The van der Waals surface area contributed by atoms with Gasteiger partial charge in [0.2, 0.25) is 0 Å². The van der Waals surface area contributed by atoms with Crippen LogP contribution in [0.15, 0.2) is 0 Å². The molecule has 0 aromatic carbocycles. The lowest BCUT2D eigenvalue weighted by Gasteiger charge is -2.08. The molecule has 0 amide bonds. The zero-order valence-electron chi connectivity index (χ0n) is 5.27. The molecule has 0 aliphatic rings. The van der Waals surface area contributed by atoms with Crippen LogP contribution in [0, 0.1) is 0 Å². The third-order valence-electron chi connectivity index (χ3n) is 0.940. The van der Waals surface area contributed by atoms with Crippen molar-refractivity contribution in [2.45, 2.75) is 13.1 Å². The largest absolute Gasteiger partial charge is 0.305 e. The molecule has 0 radical (unpaired) electrons. The molecule has 1 atom stereocenters. The Labute approximate surface area is 49.5 Å². The highest BCUT2D eigenvalue weighted by molar-refractivity contribution is 5.51. The zero-order valence-corrected chi connectivity index (χ0v) is 5.27. The quantitative estimate of drug-likeness (QED) is 0.378. The highest BCUT2D eigenvalue weighted by atomic mass is 16.1.